The van der Waals surface area contributed by atoms with Crippen molar-refractivity contribution in [3.63, 3.8) is 0 Å². The summed E-state index contributed by atoms with van der Waals surface area (Å²) in [5, 5.41) is 5.54. The number of imidazole rings is 1. The number of hydrogen-bond donors (Lipinski definition) is 2. The van der Waals surface area contributed by atoms with Crippen molar-refractivity contribution in [1.29, 1.82) is 0 Å². The summed E-state index contributed by atoms with van der Waals surface area (Å²) in [6, 6.07) is 15.3. The highest BCUT2D eigenvalue weighted by Gasteiger charge is 2.27. The summed E-state index contributed by atoms with van der Waals surface area (Å²) in [6.07, 6.45) is 2.54. The van der Waals surface area contributed by atoms with Crippen LogP contribution in [0.1, 0.15) is 45.2 Å². The third-order valence-corrected chi connectivity index (χ3v) is 4.91. The number of nitrogens with one attached hydrogen (secondary N) is 2. The fourth-order valence-electron chi connectivity index (χ4n) is 3.51. The van der Waals surface area contributed by atoms with Crippen molar-refractivity contribution in [2.45, 2.75) is 32.4 Å². The van der Waals surface area contributed by atoms with Crippen LogP contribution in [-0.2, 0) is 19.5 Å². The van der Waals surface area contributed by atoms with Gasteiger partial charge in [-0.2, -0.15) is 0 Å². The lowest BCUT2D eigenvalue weighted by molar-refractivity contribution is 0.0945. The quantitative estimate of drug-likeness (QED) is 0.697. The maximum Gasteiger partial charge on any atom is 0.291 e. The Bertz CT molecular complexity index is 1050. The van der Waals surface area contributed by atoms with Gasteiger partial charge >= 0.3 is 0 Å². The van der Waals surface area contributed by atoms with Crippen molar-refractivity contribution >= 4 is 17.5 Å². The first-order chi connectivity index (χ1) is 14.1. The number of carbonyl (C=O) groups is 2. The van der Waals surface area contributed by atoms with Crippen LogP contribution in [0.4, 0.5) is 10.1 Å². The van der Waals surface area contributed by atoms with Gasteiger partial charge in [-0.15, -0.1) is 0 Å². The highest BCUT2D eigenvalue weighted by molar-refractivity contribution is 6.03. The molecule has 0 unspecified atom stereocenters. The highest BCUT2D eigenvalue weighted by Crippen LogP contribution is 2.22. The Labute approximate surface area is 167 Å². The molecule has 0 atom stereocenters. The molecule has 29 heavy (non-hydrogen) atoms. The molecule has 4 rings (SSSR count). The van der Waals surface area contributed by atoms with Gasteiger partial charge in [-0.05, 0) is 43.0 Å². The molecule has 2 N–H and O–H groups in total. The molecule has 148 valence electrons. The number of anilines is 1. The molecule has 2 heterocycles. The Kier molecular flexibility index (Phi) is 5.37. The van der Waals surface area contributed by atoms with E-state index >= 15 is 0 Å². The Morgan fingerprint density at radius 3 is 2.66 bits per heavy atom. The van der Waals surface area contributed by atoms with Crippen molar-refractivity contribution in [3.8, 4) is 0 Å². The lowest BCUT2D eigenvalue weighted by atomic mass is 10.1. The van der Waals surface area contributed by atoms with Crippen LogP contribution >= 0.6 is 0 Å². The van der Waals surface area contributed by atoms with Crippen LogP contribution in [0.2, 0.25) is 0 Å². The van der Waals surface area contributed by atoms with E-state index in [0.717, 1.165) is 24.1 Å². The first kappa shape index (κ1) is 18.9. The molecule has 0 bridgehead atoms. The molecule has 6 nitrogen and oxygen atoms in total. The molecule has 0 spiro atoms. The summed E-state index contributed by atoms with van der Waals surface area (Å²) in [7, 11) is 0. The topological polar surface area (TPSA) is 76.0 Å². The van der Waals surface area contributed by atoms with E-state index in [2.05, 4.69) is 15.6 Å². The molecule has 2 amide bonds. The number of aromatic nitrogens is 2. The largest absolute Gasteiger partial charge is 0.347 e. The Balaban J connectivity index is 1.56. The van der Waals surface area contributed by atoms with E-state index in [9.17, 15) is 14.0 Å². The molecule has 0 saturated heterocycles. The Hall–Kier alpha value is -3.48. The molecule has 1 aliphatic rings. The van der Waals surface area contributed by atoms with Gasteiger partial charge < -0.3 is 15.2 Å². The van der Waals surface area contributed by atoms with Crippen LogP contribution in [0, 0.1) is 5.82 Å². The fraction of sp³-hybridized carbons (Fsp3) is 0.227. The summed E-state index contributed by atoms with van der Waals surface area (Å²) in [5.41, 5.74) is 2.38. The van der Waals surface area contributed by atoms with Gasteiger partial charge in [0, 0.05) is 18.8 Å². The van der Waals surface area contributed by atoms with Crippen molar-refractivity contribution in [1.82, 2.24) is 14.9 Å². The number of hydrogen-bond acceptors (Lipinski definition) is 3. The molecule has 3 aromatic rings. The van der Waals surface area contributed by atoms with E-state index in [1.165, 1.54) is 18.2 Å². The number of rotatable bonds is 5. The molecule has 1 aromatic heterocycles. The van der Waals surface area contributed by atoms with Gasteiger partial charge in [0.25, 0.3) is 11.8 Å². The number of carbonyl (C=O) groups excluding carboxylic acids is 2. The summed E-state index contributed by atoms with van der Waals surface area (Å²) in [4.78, 5) is 29.9. The van der Waals surface area contributed by atoms with Gasteiger partial charge in [0.15, 0.2) is 5.82 Å². The standard InChI is InChI=1S/C22H21FN4O2/c23-16-9-6-10-17(13-16)25-22(29)20-26-19(18-11-4-5-12-27(18)20)21(28)24-14-15-7-2-1-3-8-15/h1-3,6-10,13H,4-5,11-12,14H2,(H,24,28)(H,25,29). The minimum atomic E-state index is -0.458. The highest BCUT2D eigenvalue weighted by atomic mass is 19.1. The maximum absolute atomic E-state index is 13.4. The van der Waals surface area contributed by atoms with Crippen LogP contribution in [0.3, 0.4) is 0 Å². The normalized spacial score (nSPS) is 12.9. The van der Waals surface area contributed by atoms with E-state index in [1.54, 1.807) is 10.6 Å². The van der Waals surface area contributed by atoms with E-state index in [1.807, 2.05) is 30.3 Å². The number of benzene rings is 2. The molecular weight excluding hydrogens is 371 g/mol. The lowest BCUT2D eigenvalue weighted by Gasteiger charge is -2.17. The smallest absolute Gasteiger partial charge is 0.291 e. The summed E-state index contributed by atoms with van der Waals surface area (Å²) in [5.74, 6) is -1.02. The molecule has 0 fully saturated rings. The molecule has 1 aliphatic heterocycles. The van der Waals surface area contributed by atoms with Gasteiger partial charge in [0.05, 0.1) is 5.69 Å². The summed E-state index contributed by atoms with van der Waals surface area (Å²) < 4.78 is 15.2. The van der Waals surface area contributed by atoms with Gasteiger partial charge in [-0.1, -0.05) is 36.4 Å². The molecular formula is C22H21FN4O2. The van der Waals surface area contributed by atoms with Gasteiger partial charge in [0.2, 0.25) is 0 Å². The second-order valence-electron chi connectivity index (χ2n) is 6.97. The number of fused-ring (bicyclic) bond motifs is 1. The lowest BCUT2D eigenvalue weighted by Crippen LogP contribution is -2.25. The van der Waals surface area contributed by atoms with E-state index < -0.39 is 11.7 Å². The monoisotopic (exact) mass is 392 g/mol. The minimum Gasteiger partial charge on any atom is -0.347 e. The zero-order chi connectivity index (χ0) is 20.2. The third-order valence-electron chi connectivity index (χ3n) is 4.91. The molecule has 0 radical (unpaired) electrons. The predicted octanol–water partition coefficient (Wildman–Crippen LogP) is 3.54. The Morgan fingerprint density at radius 1 is 1.03 bits per heavy atom. The van der Waals surface area contributed by atoms with Crippen LogP contribution in [-0.4, -0.2) is 21.4 Å². The number of amides is 2. The molecule has 2 aromatic carbocycles. The zero-order valence-electron chi connectivity index (χ0n) is 15.8. The zero-order valence-corrected chi connectivity index (χ0v) is 15.8. The molecule has 0 saturated carbocycles. The molecule has 7 heteroatoms. The average Bonchev–Trinajstić information content (AvgIpc) is 3.13. The third kappa shape index (κ3) is 4.18. The SMILES string of the molecule is O=C(NCc1ccccc1)c1nc(C(=O)Nc2cccc(F)c2)n2c1CCCC2. The second-order valence-corrected chi connectivity index (χ2v) is 6.97. The minimum absolute atomic E-state index is 0.175. The average molecular weight is 392 g/mol. The maximum atomic E-state index is 13.4. The van der Waals surface area contributed by atoms with Crippen LogP contribution in [0.5, 0.6) is 0 Å². The van der Waals surface area contributed by atoms with Gasteiger partial charge in [-0.3, -0.25) is 9.59 Å². The van der Waals surface area contributed by atoms with Crippen molar-refractivity contribution in [3.05, 3.63) is 83.2 Å². The van der Waals surface area contributed by atoms with E-state index in [-0.39, 0.29) is 17.4 Å². The summed E-state index contributed by atoms with van der Waals surface area (Å²) >= 11 is 0. The summed E-state index contributed by atoms with van der Waals surface area (Å²) in [6.45, 7) is 1.01. The van der Waals surface area contributed by atoms with Crippen molar-refractivity contribution in [2.24, 2.45) is 0 Å². The predicted molar refractivity (Wildman–Crippen MR) is 107 cm³/mol. The van der Waals surface area contributed by atoms with Crippen LogP contribution in [0.25, 0.3) is 0 Å². The Morgan fingerprint density at radius 2 is 1.86 bits per heavy atom. The molecule has 0 aliphatic carbocycles. The van der Waals surface area contributed by atoms with Crippen molar-refractivity contribution in [2.75, 3.05) is 5.32 Å². The van der Waals surface area contributed by atoms with E-state index in [0.29, 0.717) is 25.2 Å². The van der Waals surface area contributed by atoms with Gasteiger partial charge in [-0.25, -0.2) is 9.37 Å². The van der Waals surface area contributed by atoms with E-state index in [4.69, 9.17) is 0 Å². The van der Waals surface area contributed by atoms with Crippen molar-refractivity contribution < 1.29 is 14.0 Å². The number of halogens is 1. The van der Waals surface area contributed by atoms with Crippen LogP contribution < -0.4 is 10.6 Å². The first-order valence-electron chi connectivity index (χ1n) is 9.60. The number of nitrogens with zero attached hydrogens (tertiary/aromatic N) is 2. The second kappa shape index (κ2) is 8.26. The fourth-order valence-corrected chi connectivity index (χ4v) is 3.51. The van der Waals surface area contributed by atoms with Gasteiger partial charge in [0.1, 0.15) is 11.5 Å². The van der Waals surface area contributed by atoms with Crippen LogP contribution in [0.15, 0.2) is 54.6 Å². The first-order valence-corrected chi connectivity index (χ1v) is 9.60.